The molecule has 10 heteroatoms. The predicted molar refractivity (Wildman–Crippen MR) is 366 cm³/mol. The molecule has 478 valence electrons. The fourth-order valence-electron chi connectivity index (χ4n) is 8.46. The van der Waals surface area contributed by atoms with Gasteiger partial charge in [0.1, 0.15) is 6.61 Å². The second-order valence-corrected chi connectivity index (χ2v) is 22.7. The summed E-state index contributed by atoms with van der Waals surface area (Å²) in [4.78, 5) is 35.3. The molecule has 0 fully saturated rings. The summed E-state index contributed by atoms with van der Waals surface area (Å²) < 4.78 is 33.1. The van der Waals surface area contributed by atoms with Gasteiger partial charge in [-0.15, -0.1) is 0 Å². The molecule has 0 aromatic carbocycles. The van der Waals surface area contributed by atoms with Crippen molar-refractivity contribution in [3.63, 3.8) is 0 Å². The van der Waals surface area contributed by atoms with Gasteiger partial charge in [-0.3, -0.25) is 18.6 Å². The number of hydrogen-bond donors (Lipinski definition) is 2. The van der Waals surface area contributed by atoms with E-state index in [0.29, 0.717) is 12.8 Å². The summed E-state index contributed by atoms with van der Waals surface area (Å²) in [6.45, 7) is 3.46. The van der Waals surface area contributed by atoms with E-state index < -0.39 is 32.5 Å². The lowest BCUT2D eigenvalue weighted by molar-refractivity contribution is -0.161. The third-order valence-corrected chi connectivity index (χ3v) is 14.3. The molecule has 0 aromatic rings. The smallest absolute Gasteiger partial charge is 0.462 e. The number of carbonyl (C=O) groups is 2. The first kappa shape index (κ1) is 80.1. The minimum Gasteiger partial charge on any atom is -0.462 e. The number of carbonyl (C=O) groups excluding carboxylic acids is 2. The van der Waals surface area contributed by atoms with E-state index in [2.05, 4.69) is 196 Å². The molecule has 0 saturated heterocycles. The molecular formula is C75H120NO8P. The molecule has 0 amide bonds. The highest BCUT2D eigenvalue weighted by molar-refractivity contribution is 7.47. The molecule has 0 aliphatic rings. The molecule has 0 heterocycles. The van der Waals surface area contributed by atoms with Crippen LogP contribution < -0.4 is 5.73 Å². The van der Waals surface area contributed by atoms with Gasteiger partial charge in [-0.2, -0.15) is 0 Å². The van der Waals surface area contributed by atoms with Crippen molar-refractivity contribution in [1.82, 2.24) is 0 Å². The molecule has 2 unspecified atom stereocenters. The Labute approximate surface area is 520 Å². The van der Waals surface area contributed by atoms with Gasteiger partial charge in [0.25, 0.3) is 0 Å². The molecular weight excluding hydrogens is 1070 g/mol. The first-order chi connectivity index (χ1) is 41.8. The minimum absolute atomic E-state index is 0.0395. The molecule has 0 radical (unpaired) electrons. The van der Waals surface area contributed by atoms with E-state index in [9.17, 15) is 19.0 Å². The van der Waals surface area contributed by atoms with Gasteiger partial charge in [-0.25, -0.2) is 4.57 Å². The number of unbranched alkanes of at least 4 members (excludes halogenated alkanes) is 17. The molecule has 0 bridgehead atoms. The van der Waals surface area contributed by atoms with Gasteiger partial charge >= 0.3 is 19.8 Å². The molecule has 0 spiro atoms. The Hall–Kier alpha value is -4.89. The number of phosphoric ester groups is 1. The van der Waals surface area contributed by atoms with Crippen molar-refractivity contribution in [2.75, 3.05) is 26.4 Å². The van der Waals surface area contributed by atoms with Crippen LogP contribution in [0, 0.1) is 0 Å². The first-order valence-corrected chi connectivity index (χ1v) is 34.8. The van der Waals surface area contributed by atoms with Crippen LogP contribution in [0.3, 0.4) is 0 Å². The summed E-state index contributed by atoms with van der Waals surface area (Å²) in [5.41, 5.74) is 5.39. The first-order valence-electron chi connectivity index (χ1n) is 33.3. The third kappa shape index (κ3) is 68.1. The molecule has 85 heavy (non-hydrogen) atoms. The van der Waals surface area contributed by atoms with Crippen LogP contribution in [-0.4, -0.2) is 49.3 Å². The van der Waals surface area contributed by atoms with Crippen LogP contribution in [0.1, 0.15) is 245 Å². The van der Waals surface area contributed by atoms with Crippen LogP contribution in [-0.2, 0) is 32.7 Å². The van der Waals surface area contributed by atoms with E-state index >= 15 is 0 Å². The summed E-state index contributed by atoms with van der Waals surface area (Å²) in [6.07, 6.45) is 103. The van der Waals surface area contributed by atoms with E-state index in [0.717, 1.165) is 135 Å². The average Bonchev–Trinajstić information content (AvgIpc) is 3.53. The zero-order chi connectivity index (χ0) is 61.6. The van der Waals surface area contributed by atoms with E-state index in [1.807, 2.05) is 0 Å². The molecule has 0 aliphatic carbocycles. The molecule has 0 saturated carbocycles. The highest BCUT2D eigenvalue weighted by atomic mass is 31.2. The molecule has 2 atom stereocenters. The number of nitrogens with two attached hydrogens (primary N) is 1. The lowest BCUT2D eigenvalue weighted by atomic mass is 10.0. The second kappa shape index (κ2) is 68.2. The Morgan fingerprint density at radius 1 is 0.353 bits per heavy atom. The van der Waals surface area contributed by atoms with Crippen molar-refractivity contribution < 1.29 is 37.6 Å². The minimum atomic E-state index is -4.41. The zero-order valence-corrected chi connectivity index (χ0v) is 54.4. The zero-order valence-electron chi connectivity index (χ0n) is 53.5. The summed E-state index contributed by atoms with van der Waals surface area (Å²) in [7, 11) is -4.41. The van der Waals surface area contributed by atoms with Crippen LogP contribution in [0.5, 0.6) is 0 Å². The molecule has 0 aliphatic heterocycles. The van der Waals surface area contributed by atoms with Crippen molar-refractivity contribution in [2.24, 2.45) is 5.73 Å². The number of esters is 2. The monoisotopic (exact) mass is 1190 g/mol. The van der Waals surface area contributed by atoms with Crippen LogP contribution >= 0.6 is 7.82 Å². The molecule has 0 aromatic heterocycles. The van der Waals surface area contributed by atoms with E-state index in [1.54, 1.807) is 0 Å². The summed E-state index contributed by atoms with van der Waals surface area (Å²) >= 11 is 0. The van der Waals surface area contributed by atoms with Crippen molar-refractivity contribution in [3.05, 3.63) is 182 Å². The normalized spacial score (nSPS) is 14.2. The van der Waals surface area contributed by atoms with Crippen molar-refractivity contribution >= 4 is 19.8 Å². The lowest BCUT2D eigenvalue weighted by Crippen LogP contribution is -2.29. The van der Waals surface area contributed by atoms with Gasteiger partial charge in [0.2, 0.25) is 0 Å². The van der Waals surface area contributed by atoms with Gasteiger partial charge in [0.15, 0.2) is 6.10 Å². The lowest BCUT2D eigenvalue weighted by Gasteiger charge is -2.19. The average molecular weight is 1190 g/mol. The van der Waals surface area contributed by atoms with Crippen molar-refractivity contribution in [2.45, 2.75) is 251 Å². The number of ether oxygens (including phenoxy) is 2. The van der Waals surface area contributed by atoms with Gasteiger partial charge in [0.05, 0.1) is 13.2 Å². The van der Waals surface area contributed by atoms with E-state index in [1.165, 1.54) is 70.6 Å². The Balaban J connectivity index is 4.00. The van der Waals surface area contributed by atoms with Crippen LogP contribution in [0.15, 0.2) is 182 Å². The summed E-state index contributed by atoms with van der Waals surface area (Å²) in [6, 6.07) is 0. The van der Waals surface area contributed by atoms with Gasteiger partial charge in [-0.1, -0.05) is 280 Å². The molecule has 9 nitrogen and oxygen atoms in total. The van der Waals surface area contributed by atoms with Crippen LogP contribution in [0.4, 0.5) is 0 Å². The fourth-order valence-corrected chi connectivity index (χ4v) is 9.22. The maximum absolute atomic E-state index is 12.8. The summed E-state index contributed by atoms with van der Waals surface area (Å²) in [5, 5.41) is 0. The third-order valence-electron chi connectivity index (χ3n) is 13.3. The highest BCUT2D eigenvalue weighted by Gasteiger charge is 2.26. The van der Waals surface area contributed by atoms with Crippen molar-refractivity contribution in [3.8, 4) is 0 Å². The Morgan fingerprint density at radius 3 is 0.918 bits per heavy atom. The number of hydrogen-bond acceptors (Lipinski definition) is 8. The second-order valence-electron chi connectivity index (χ2n) is 21.2. The van der Waals surface area contributed by atoms with E-state index in [-0.39, 0.29) is 32.6 Å². The molecule has 3 N–H and O–H groups in total. The quantitative estimate of drug-likeness (QED) is 0.0264. The van der Waals surface area contributed by atoms with Crippen LogP contribution in [0.25, 0.3) is 0 Å². The van der Waals surface area contributed by atoms with Gasteiger partial charge < -0.3 is 20.1 Å². The maximum Gasteiger partial charge on any atom is 0.472 e. The highest BCUT2D eigenvalue weighted by Crippen LogP contribution is 2.43. The summed E-state index contributed by atoms with van der Waals surface area (Å²) in [5.74, 6) is -0.877. The van der Waals surface area contributed by atoms with E-state index in [4.69, 9.17) is 24.3 Å². The SMILES string of the molecule is CC/C=C\C/C=C\C/C=C\C/C=C\C/C=C\C/C=C\C/C=C\C/C=C\CCCCCCCCCCCCCCCCC(=O)OC(COC(=O)CCCCC/C=C\C/C=C\C/C=C\C/C=C\C/C=C\C/C=C\C/C=C\CC)COP(=O)(O)OCCN. The van der Waals surface area contributed by atoms with Gasteiger partial charge in [0, 0.05) is 19.4 Å². The Bertz CT molecular complexity index is 2040. The largest absolute Gasteiger partial charge is 0.472 e. The van der Waals surface area contributed by atoms with Gasteiger partial charge in [-0.05, 0) is 135 Å². The Kier molecular flexibility index (Phi) is 64.3. The number of rotatable bonds is 60. The standard InChI is InChI=1S/C75H120NO8P/c1-3-5-7-9-11-13-15-17-19-21-23-25-27-29-30-31-32-33-34-35-36-37-38-39-40-41-42-44-46-48-50-52-54-56-58-60-62-64-66-68-75(78)84-73(72-83-85(79,80)82-70-69-76)71-81-74(77)67-65-63-61-59-57-55-53-51-49-47-45-43-28-26-24-22-20-18-16-14-12-10-8-6-4-2/h5-8,11-14,17-20,23-26,29-30,32-33,35-36,38-39,43,45,49,51,55,57,73H,3-4,9-10,15-16,21-22,27-28,31,34,37,40-42,44,46-48,50,52-54,56,58-72,76H2,1-2H3,(H,79,80)/b7-5-,8-6-,13-11-,14-12-,19-17-,20-18-,25-23-,26-24-,30-29-,33-32-,36-35-,39-38-,45-43-,51-49-,57-55-. The number of allylic oxidation sites excluding steroid dienone is 30. The van der Waals surface area contributed by atoms with Crippen molar-refractivity contribution in [1.29, 1.82) is 0 Å². The molecule has 0 rings (SSSR count). The topological polar surface area (TPSA) is 134 Å². The maximum atomic E-state index is 12.8. The number of phosphoric acid groups is 1. The Morgan fingerprint density at radius 2 is 0.612 bits per heavy atom. The van der Waals surface area contributed by atoms with Crippen LogP contribution in [0.2, 0.25) is 0 Å². The predicted octanol–water partition coefficient (Wildman–Crippen LogP) is 22.0. The fraction of sp³-hybridized carbons (Fsp3) is 0.573.